The molecule has 1 aliphatic rings. The second-order valence-corrected chi connectivity index (χ2v) is 9.29. The summed E-state index contributed by atoms with van der Waals surface area (Å²) in [4.78, 5) is 28.5. The van der Waals surface area contributed by atoms with E-state index in [1.165, 1.54) is 14.7 Å². The van der Waals surface area contributed by atoms with Crippen LogP contribution in [0.2, 0.25) is 5.02 Å². The highest BCUT2D eigenvalue weighted by molar-refractivity contribution is 6.30. The summed E-state index contributed by atoms with van der Waals surface area (Å²) in [6.07, 6.45) is -0.395. The van der Waals surface area contributed by atoms with E-state index < -0.39 is 17.6 Å². The molecular formula is C26H31ClN4O4. The molecule has 0 amide bonds. The minimum absolute atomic E-state index is 0.111. The minimum atomic E-state index is -0.704. The van der Waals surface area contributed by atoms with Crippen LogP contribution in [0.1, 0.15) is 44.2 Å². The molecule has 4 rings (SSSR count). The fourth-order valence-corrected chi connectivity index (χ4v) is 4.35. The Bertz CT molecular complexity index is 1280. The van der Waals surface area contributed by atoms with E-state index in [0.717, 1.165) is 5.56 Å². The lowest BCUT2D eigenvalue weighted by Gasteiger charge is -2.27. The molecular weight excluding hydrogens is 468 g/mol. The van der Waals surface area contributed by atoms with Crippen molar-refractivity contribution in [1.82, 2.24) is 9.13 Å². The molecule has 0 fully saturated rings. The Morgan fingerprint density at radius 1 is 1.06 bits per heavy atom. The molecule has 0 radical (unpaired) electrons. The number of nitrogens with one attached hydrogen (secondary N) is 1. The van der Waals surface area contributed by atoms with Gasteiger partial charge >= 0.3 is 5.69 Å². The molecule has 2 heterocycles. The van der Waals surface area contributed by atoms with Crippen molar-refractivity contribution in [3.63, 3.8) is 0 Å². The summed E-state index contributed by atoms with van der Waals surface area (Å²) in [5, 5.41) is 13.2. The molecule has 1 unspecified atom stereocenters. The predicted octanol–water partition coefficient (Wildman–Crippen LogP) is 3.98. The van der Waals surface area contributed by atoms with Gasteiger partial charge in [-0.1, -0.05) is 49.7 Å². The highest BCUT2D eigenvalue weighted by Gasteiger charge is 2.36. The summed E-state index contributed by atoms with van der Waals surface area (Å²) in [5.41, 5.74) is 1.67. The zero-order chi connectivity index (χ0) is 25.1. The molecule has 2 N–H and O–H groups in total. The Balaban J connectivity index is 1.78. The number of aliphatic hydroxyl groups excluding tert-OH is 1. The SMILES string of the molecule is CCn1c2c(c(=O)n(CCCO)c1=O)N(Cc1ccc(Cl)cc1)C(Oc1ccc(C(C)C)cc1)N2. The van der Waals surface area contributed by atoms with Crippen LogP contribution >= 0.6 is 11.6 Å². The Morgan fingerprint density at radius 2 is 1.74 bits per heavy atom. The molecule has 35 heavy (non-hydrogen) atoms. The van der Waals surface area contributed by atoms with Gasteiger partial charge in [0.15, 0.2) is 0 Å². The monoisotopic (exact) mass is 498 g/mol. The zero-order valence-corrected chi connectivity index (χ0v) is 21.0. The Hall–Kier alpha value is -3.23. The second-order valence-electron chi connectivity index (χ2n) is 8.85. The largest absolute Gasteiger partial charge is 0.452 e. The highest BCUT2D eigenvalue weighted by Crippen LogP contribution is 2.33. The summed E-state index contributed by atoms with van der Waals surface area (Å²) >= 11 is 6.07. The molecule has 0 aliphatic carbocycles. The third-order valence-corrected chi connectivity index (χ3v) is 6.40. The topological polar surface area (TPSA) is 88.7 Å². The van der Waals surface area contributed by atoms with Crippen molar-refractivity contribution >= 4 is 23.1 Å². The van der Waals surface area contributed by atoms with Gasteiger partial charge in [0, 0.05) is 31.3 Å². The zero-order valence-electron chi connectivity index (χ0n) is 20.2. The molecule has 3 aromatic rings. The van der Waals surface area contributed by atoms with Crippen LogP contribution in [-0.2, 0) is 19.6 Å². The molecule has 2 aromatic carbocycles. The summed E-state index contributed by atoms with van der Waals surface area (Å²) in [6, 6.07) is 15.3. The molecule has 1 aromatic heterocycles. The number of hydrogen-bond donors (Lipinski definition) is 2. The lowest BCUT2D eigenvalue weighted by Crippen LogP contribution is -2.43. The number of benzene rings is 2. The van der Waals surface area contributed by atoms with Gasteiger partial charge in [0.25, 0.3) is 11.9 Å². The van der Waals surface area contributed by atoms with Crippen LogP contribution in [-0.4, -0.2) is 27.2 Å². The molecule has 0 bridgehead atoms. The van der Waals surface area contributed by atoms with E-state index >= 15 is 0 Å². The number of aromatic nitrogens is 2. The fraction of sp³-hybridized carbons (Fsp3) is 0.385. The maximum absolute atomic E-state index is 13.5. The summed E-state index contributed by atoms with van der Waals surface area (Å²) < 4.78 is 9.03. The summed E-state index contributed by atoms with van der Waals surface area (Å²) in [6.45, 7) is 6.88. The Kier molecular flexibility index (Phi) is 7.52. The van der Waals surface area contributed by atoms with Crippen LogP contribution in [0.25, 0.3) is 0 Å². The first-order chi connectivity index (χ1) is 16.8. The summed E-state index contributed by atoms with van der Waals surface area (Å²) in [7, 11) is 0. The van der Waals surface area contributed by atoms with Crippen LogP contribution in [0.4, 0.5) is 11.5 Å². The highest BCUT2D eigenvalue weighted by atomic mass is 35.5. The van der Waals surface area contributed by atoms with E-state index in [4.69, 9.17) is 16.3 Å². The van der Waals surface area contributed by atoms with Crippen molar-refractivity contribution in [3.8, 4) is 5.75 Å². The van der Waals surface area contributed by atoms with Crippen LogP contribution in [0.3, 0.4) is 0 Å². The van der Waals surface area contributed by atoms with Crippen molar-refractivity contribution < 1.29 is 9.84 Å². The van der Waals surface area contributed by atoms with Gasteiger partial charge in [0.2, 0.25) is 0 Å². The van der Waals surface area contributed by atoms with Gasteiger partial charge in [0.05, 0.1) is 0 Å². The average Bonchev–Trinajstić information content (AvgIpc) is 3.18. The average molecular weight is 499 g/mol. The molecule has 9 heteroatoms. The number of halogens is 1. The molecule has 1 aliphatic heterocycles. The van der Waals surface area contributed by atoms with Crippen LogP contribution in [0, 0.1) is 0 Å². The number of fused-ring (bicyclic) bond motifs is 1. The van der Waals surface area contributed by atoms with Crippen LogP contribution in [0.15, 0.2) is 58.1 Å². The van der Waals surface area contributed by atoms with Gasteiger partial charge in [-0.25, -0.2) is 4.79 Å². The third-order valence-electron chi connectivity index (χ3n) is 6.15. The van der Waals surface area contributed by atoms with Gasteiger partial charge in [-0.05, 0) is 54.7 Å². The maximum Gasteiger partial charge on any atom is 0.332 e. The number of rotatable bonds is 9. The molecule has 8 nitrogen and oxygen atoms in total. The number of ether oxygens (including phenoxy) is 1. The Morgan fingerprint density at radius 3 is 2.34 bits per heavy atom. The number of aliphatic hydroxyl groups is 1. The quantitative estimate of drug-likeness (QED) is 0.464. The van der Waals surface area contributed by atoms with E-state index in [1.54, 1.807) is 12.1 Å². The predicted molar refractivity (Wildman–Crippen MR) is 139 cm³/mol. The van der Waals surface area contributed by atoms with E-state index in [2.05, 4.69) is 19.2 Å². The second kappa shape index (κ2) is 10.6. The molecule has 0 saturated heterocycles. The van der Waals surface area contributed by atoms with Gasteiger partial charge in [-0.2, -0.15) is 0 Å². The van der Waals surface area contributed by atoms with E-state index in [9.17, 15) is 14.7 Å². The smallest absolute Gasteiger partial charge is 0.332 e. The molecule has 1 atom stereocenters. The standard InChI is InChI=1S/C26H31ClN4O4/c1-4-29-23-22(24(33)30(26(29)34)14-5-15-32)31(16-18-6-10-20(27)11-7-18)25(28-23)35-21-12-8-19(9-13-21)17(2)3/h6-13,17,25,28,32H,4-5,14-16H2,1-3H3. The normalized spacial score (nSPS) is 14.8. The van der Waals surface area contributed by atoms with E-state index in [1.807, 2.05) is 48.2 Å². The summed E-state index contributed by atoms with van der Waals surface area (Å²) in [5.74, 6) is 1.48. The first kappa shape index (κ1) is 24.9. The van der Waals surface area contributed by atoms with E-state index in [-0.39, 0.29) is 13.2 Å². The van der Waals surface area contributed by atoms with Gasteiger partial charge in [-0.3, -0.25) is 13.9 Å². The molecule has 0 spiro atoms. The number of nitrogens with zero attached hydrogens (tertiary/aromatic N) is 3. The maximum atomic E-state index is 13.5. The van der Waals surface area contributed by atoms with Gasteiger partial charge in [-0.15, -0.1) is 0 Å². The van der Waals surface area contributed by atoms with Crippen molar-refractivity contribution in [1.29, 1.82) is 0 Å². The van der Waals surface area contributed by atoms with Gasteiger partial charge in [0.1, 0.15) is 17.3 Å². The van der Waals surface area contributed by atoms with Crippen molar-refractivity contribution in [2.75, 3.05) is 16.8 Å². The van der Waals surface area contributed by atoms with Crippen molar-refractivity contribution in [2.45, 2.75) is 59.1 Å². The fourth-order valence-electron chi connectivity index (χ4n) is 4.22. The van der Waals surface area contributed by atoms with Gasteiger partial charge < -0.3 is 20.1 Å². The minimum Gasteiger partial charge on any atom is -0.452 e. The van der Waals surface area contributed by atoms with Crippen LogP contribution in [0.5, 0.6) is 5.75 Å². The lowest BCUT2D eigenvalue weighted by atomic mass is 10.0. The lowest BCUT2D eigenvalue weighted by molar-refractivity contribution is 0.227. The first-order valence-corrected chi connectivity index (χ1v) is 12.2. The van der Waals surface area contributed by atoms with Crippen molar-refractivity contribution in [2.24, 2.45) is 0 Å². The number of hydrogen-bond acceptors (Lipinski definition) is 6. The Labute approximate surface area is 209 Å². The first-order valence-electron chi connectivity index (χ1n) is 11.9. The number of anilines is 2. The van der Waals surface area contributed by atoms with E-state index in [0.29, 0.717) is 47.7 Å². The van der Waals surface area contributed by atoms with Crippen molar-refractivity contribution in [3.05, 3.63) is 85.5 Å². The third kappa shape index (κ3) is 5.09. The molecule has 0 saturated carbocycles. The van der Waals surface area contributed by atoms with Crippen LogP contribution < -0.4 is 26.2 Å². The molecule has 186 valence electrons.